The Balaban J connectivity index is 2.62. The minimum atomic E-state index is -0.441. The highest BCUT2D eigenvalue weighted by atomic mass is 79.9. The van der Waals surface area contributed by atoms with Crippen LogP contribution in [0.25, 0.3) is 0 Å². The molecule has 0 amide bonds. The number of rotatable bonds is 3. The van der Waals surface area contributed by atoms with Crippen molar-refractivity contribution in [3.63, 3.8) is 0 Å². The fourth-order valence-electron chi connectivity index (χ4n) is 1.07. The quantitative estimate of drug-likeness (QED) is 0.804. The minimum Gasteiger partial charge on any atom is -0.388 e. The number of aliphatic hydroxyl groups excluding tert-OH is 1. The normalized spacial score (nSPS) is 12.1. The maximum atomic E-state index is 9.63. The van der Waals surface area contributed by atoms with Crippen LogP contribution in [0.1, 0.15) is 24.5 Å². The van der Waals surface area contributed by atoms with Gasteiger partial charge in [0.15, 0.2) is 0 Å². The van der Waals surface area contributed by atoms with Crippen LogP contribution in [0.5, 0.6) is 0 Å². The first-order valence-electron chi connectivity index (χ1n) is 4.11. The van der Waals surface area contributed by atoms with E-state index in [1.165, 1.54) is 0 Å². The van der Waals surface area contributed by atoms with Gasteiger partial charge in [0.05, 0.1) is 6.10 Å². The molecule has 68 valence electrons. The van der Waals surface area contributed by atoms with E-state index in [2.05, 4.69) is 21.9 Å². The zero-order chi connectivity index (χ0) is 9.68. The Kier molecular flexibility index (Phi) is 4.01. The number of aliphatic hydroxyl groups is 1. The molecule has 13 heavy (non-hydrogen) atoms. The average molecular weight is 239 g/mol. The highest BCUT2D eigenvalue weighted by Crippen LogP contribution is 2.20. The first-order valence-corrected chi connectivity index (χ1v) is 4.90. The van der Waals surface area contributed by atoms with Gasteiger partial charge in [0.2, 0.25) is 0 Å². The van der Waals surface area contributed by atoms with Crippen LogP contribution in [0.15, 0.2) is 28.7 Å². The second-order valence-electron chi connectivity index (χ2n) is 2.81. The number of halogens is 1. The van der Waals surface area contributed by atoms with E-state index >= 15 is 0 Å². The molecule has 0 spiro atoms. The van der Waals surface area contributed by atoms with Crippen LogP contribution < -0.4 is 0 Å². The first kappa shape index (κ1) is 10.3. The van der Waals surface area contributed by atoms with E-state index in [9.17, 15) is 5.11 Å². The number of benzene rings is 1. The molecule has 1 nitrogen and oxygen atoms in total. The Morgan fingerprint density at radius 1 is 1.38 bits per heavy atom. The summed E-state index contributed by atoms with van der Waals surface area (Å²) in [6.07, 6.45) is 5.90. The lowest BCUT2D eigenvalue weighted by atomic mass is 10.1. The summed E-state index contributed by atoms with van der Waals surface area (Å²) in [5.74, 6) is 2.51. The molecule has 0 aromatic heterocycles. The van der Waals surface area contributed by atoms with E-state index < -0.39 is 6.10 Å². The Hall–Kier alpha value is -0.780. The van der Waals surface area contributed by atoms with Crippen LogP contribution in [-0.4, -0.2) is 5.11 Å². The third-order valence-electron chi connectivity index (χ3n) is 1.82. The average Bonchev–Trinajstić information content (AvgIpc) is 2.15. The highest BCUT2D eigenvalue weighted by molar-refractivity contribution is 9.10. The molecule has 0 bridgehead atoms. The molecule has 0 aliphatic heterocycles. The van der Waals surface area contributed by atoms with Crippen molar-refractivity contribution in [3.05, 3.63) is 34.3 Å². The predicted molar refractivity (Wildman–Crippen MR) is 57.2 cm³/mol. The van der Waals surface area contributed by atoms with Crippen molar-refractivity contribution in [2.24, 2.45) is 0 Å². The number of hydrogen-bond donors (Lipinski definition) is 1. The van der Waals surface area contributed by atoms with Gasteiger partial charge in [-0.1, -0.05) is 28.1 Å². The summed E-state index contributed by atoms with van der Waals surface area (Å²) in [5, 5.41) is 9.63. The molecule has 0 radical (unpaired) electrons. The van der Waals surface area contributed by atoms with Gasteiger partial charge in [-0.05, 0) is 24.1 Å². The standard InChI is InChI=1S/C11H11BrO/c1-2-3-4-11(13)9-5-7-10(12)8-6-9/h1,5-8,11,13H,3-4H2. The smallest absolute Gasteiger partial charge is 0.0799 e. The van der Waals surface area contributed by atoms with Gasteiger partial charge in [0.25, 0.3) is 0 Å². The number of terminal acetylenes is 1. The van der Waals surface area contributed by atoms with Crippen molar-refractivity contribution in [2.75, 3.05) is 0 Å². The molecule has 1 aromatic carbocycles. The summed E-state index contributed by atoms with van der Waals surface area (Å²) in [5.41, 5.74) is 0.915. The van der Waals surface area contributed by atoms with Crippen LogP contribution in [0, 0.1) is 12.3 Å². The van der Waals surface area contributed by atoms with Crippen LogP contribution in [0.4, 0.5) is 0 Å². The summed E-state index contributed by atoms with van der Waals surface area (Å²) in [7, 11) is 0. The molecule has 1 aromatic rings. The van der Waals surface area contributed by atoms with Gasteiger partial charge in [-0.2, -0.15) is 0 Å². The predicted octanol–water partition coefficient (Wildman–Crippen LogP) is 2.90. The largest absolute Gasteiger partial charge is 0.388 e. The van der Waals surface area contributed by atoms with Crippen molar-refractivity contribution in [2.45, 2.75) is 18.9 Å². The van der Waals surface area contributed by atoms with Crippen molar-refractivity contribution in [1.82, 2.24) is 0 Å². The minimum absolute atomic E-state index is 0.441. The molecule has 0 saturated heterocycles. The van der Waals surface area contributed by atoms with Crippen LogP contribution in [0.3, 0.4) is 0 Å². The molecule has 0 aliphatic carbocycles. The molecule has 0 aliphatic rings. The molecule has 0 fully saturated rings. The van der Waals surface area contributed by atoms with Crippen LogP contribution >= 0.6 is 15.9 Å². The molecule has 1 atom stereocenters. The van der Waals surface area contributed by atoms with E-state index in [0.717, 1.165) is 10.0 Å². The molecule has 2 heteroatoms. The van der Waals surface area contributed by atoms with Crippen LogP contribution in [-0.2, 0) is 0 Å². The van der Waals surface area contributed by atoms with Gasteiger partial charge in [-0.3, -0.25) is 0 Å². The Morgan fingerprint density at radius 3 is 2.54 bits per heavy atom. The molecular weight excluding hydrogens is 228 g/mol. The van der Waals surface area contributed by atoms with Gasteiger partial charge >= 0.3 is 0 Å². The zero-order valence-electron chi connectivity index (χ0n) is 7.20. The van der Waals surface area contributed by atoms with Crippen molar-refractivity contribution in [1.29, 1.82) is 0 Å². The summed E-state index contributed by atoms with van der Waals surface area (Å²) in [6.45, 7) is 0. The van der Waals surface area contributed by atoms with E-state index in [-0.39, 0.29) is 0 Å². The zero-order valence-corrected chi connectivity index (χ0v) is 8.79. The lowest BCUT2D eigenvalue weighted by molar-refractivity contribution is 0.169. The molecule has 0 saturated carbocycles. The second kappa shape index (κ2) is 5.06. The van der Waals surface area contributed by atoms with Crippen molar-refractivity contribution in [3.8, 4) is 12.3 Å². The lowest BCUT2D eigenvalue weighted by Crippen LogP contribution is -1.95. The Labute approximate surface area is 86.9 Å². The third kappa shape index (κ3) is 3.22. The topological polar surface area (TPSA) is 20.2 Å². The fraction of sp³-hybridized carbons (Fsp3) is 0.273. The maximum absolute atomic E-state index is 9.63. The van der Waals surface area contributed by atoms with E-state index in [1.54, 1.807) is 0 Å². The monoisotopic (exact) mass is 238 g/mol. The summed E-state index contributed by atoms with van der Waals surface area (Å²) < 4.78 is 1.01. The molecule has 1 rings (SSSR count). The maximum Gasteiger partial charge on any atom is 0.0799 e. The lowest BCUT2D eigenvalue weighted by Gasteiger charge is -2.08. The van der Waals surface area contributed by atoms with Gasteiger partial charge in [-0.15, -0.1) is 12.3 Å². The van der Waals surface area contributed by atoms with E-state index in [0.29, 0.717) is 12.8 Å². The SMILES string of the molecule is C#CCCC(O)c1ccc(Br)cc1. The van der Waals surface area contributed by atoms with Gasteiger partial charge in [0.1, 0.15) is 0 Å². The third-order valence-corrected chi connectivity index (χ3v) is 2.35. The molecule has 1 unspecified atom stereocenters. The first-order chi connectivity index (χ1) is 6.24. The van der Waals surface area contributed by atoms with Gasteiger partial charge in [0, 0.05) is 10.9 Å². The Bertz CT molecular complexity index is 297. The molecular formula is C11H11BrO. The van der Waals surface area contributed by atoms with E-state index in [1.807, 2.05) is 24.3 Å². The molecule has 0 heterocycles. The summed E-state index contributed by atoms with van der Waals surface area (Å²) in [4.78, 5) is 0. The summed E-state index contributed by atoms with van der Waals surface area (Å²) >= 11 is 3.33. The fourth-order valence-corrected chi connectivity index (χ4v) is 1.34. The summed E-state index contributed by atoms with van der Waals surface area (Å²) in [6, 6.07) is 7.61. The van der Waals surface area contributed by atoms with Crippen molar-refractivity contribution >= 4 is 15.9 Å². The second-order valence-corrected chi connectivity index (χ2v) is 3.73. The molecule has 1 N–H and O–H groups in total. The number of hydrogen-bond acceptors (Lipinski definition) is 1. The van der Waals surface area contributed by atoms with Gasteiger partial charge < -0.3 is 5.11 Å². The van der Waals surface area contributed by atoms with Crippen molar-refractivity contribution < 1.29 is 5.11 Å². The van der Waals surface area contributed by atoms with E-state index in [4.69, 9.17) is 6.42 Å². The van der Waals surface area contributed by atoms with Crippen LogP contribution in [0.2, 0.25) is 0 Å². The van der Waals surface area contributed by atoms with Gasteiger partial charge in [-0.25, -0.2) is 0 Å². The highest BCUT2D eigenvalue weighted by Gasteiger charge is 2.05. The Morgan fingerprint density at radius 2 is 2.00 bits per heavy atom.